The standard InChI is InChI=1S/C30H40N2O5/c1-20(2)16-24-18-31-29(35-24)28-26(22-13-14-22)27(32-37-28)23(17-25(33)36-30(3,4)5)12-9-15-34-19-21-10-7-6-8-11-21/h6-8,10-11,18,20,22-23H,9,12-17,19H2,1-5H3/t23-/m0/s1. The molecule has 0 unspecified atom stereocenters. The summed E-state index contributed by atoms with van der Waals surface area (Å²) in [6.45, 7) is 11.1. The van der Waals surface area contributed by atoms with Gasteiger partial charge in [-0.3, -0.25) is 4.79 Å². The summed E-state index contributed by atoms with van der Waals surface area (Å²) in [5.74, 6) is 2.37. The van der Waals surface area contributed by atoms with Crippen molar-refractivity contribution in [3.63, 3.8) is 0 Å². The largest absolute Gasteiger partial charge is 0.460 e. The van der Waals surface area contributed by atoms with Gasteiger partial charge in [-0.2, -0.15) is 0 Å². The molecule has 0 aliphatic heterocycles. The van der Waals surface area contributed by atoms with E-state index in [2.05, 4.69) is 36.1 Å². The average Bonchev–Trinajstić information content (AvgIpc) is 3.40. The smallest absolute Gasteiger partial charge is 0.306 e. The number of benzene rings is 1. The van der Waals surface area contributed by atoms with Crippen molar-refractivity contribution < 1.29 is 23.2 Å². The molecule has 0 N–H and O–H groups in total. The number of hydrogen-bond donors (Lipinski definition) is 0. The molecule has 4 rings (SSSR count). The van der Waals surface area contributed by atoms with E-state index >= 15 is 0 Å². The Morgan fingerprint density at radius 3 is 2.59 bits per heavy atom. The van der Waals surface area contributed by atoms with E-state index in [0.717, 1.165) is 54.7 Å². The van der Waals surface area contributed by atoms with E-state index in [9.17, 15) is 4.79 Å². The van der Waals surface area contributed by atoms with Gasteiger partial charge in [-0.15, -0.1) is 0 Å². The van der Waals surface area contributed by atoms with Gasteiger partial charge in [0.15, 0.2) is 0 Å². The van der Waals surface area contributed by atoms with Crippen LogP contribution in [0.4, 0.5) is 0 Å². The van der Waals surface area contributed by atoms with E-state index < -0.39 is 5.60 Å². The summed E-state index contributed by atoms with van der Waals surface area (Å²) >= 11 is 0. The van der Waals surface area contributed by atoms with Gasteiger partial charge in [0, 0.05) is 24.5 Å². The maximum absolute atomic E-state index is 12.9. The predicted molar refractivity (Wildman–Crippen MR) is 141 cm³/mol. The van der Waals surface area contributed by atoms with Crippen LogP contribution in [0.2, 0.25) is 0 Å². The van der Waals surface area contributed by atoms with Crippen molar-refractivity contribution in [2.75, 3.05) is 6.61 Å². The van der Waals surface area contributed by atoms with Crippen molar-refractivity contribution >= 4 is 5.97 Å². The van der Waals surface area contributed by atoms with Crippen LogP contribution in [-0.2, 0) is 27.3 Å². The van der Waals surface area contributed by atoms with Crippen molar-refractivity contribution in [1.29, 1.82) is 0 Å². The monoisotopic (exact) mass is 508 g/mol. The molecule has 3 aromatic rings. The Bertz CT molecular complexity index is 1140. The van der Waals surface area contributed by atoms with E-state index in [1.165, 1.54) is 0 Å². The highest BCUT2D eigenvalue weighted by Crippen LogP contribution is 2.48. The maximum atomic E-state index is 12.9. The molecule has 0 radical (unpaired) electrons. The second-order valence-corrected chi connectivity index (χ2v) is 11.5. The molecule has 7 heteroatoms. The third kappa shape index (κ3) is 8.03. The zero-order chi connectivity index (χ0) is 26.4. The fourth-order valence-corrected chi connectivity index (χ4v) is 4.55. The van der Waals surface area contributed by atoms with Gasteiger partial charge in [-0.05, 0) is 63.9 Å². The van der Waals surface area contributed by atoms with Gasteiger partial charge in [0.05, 0.1) is 24.9 Å². The molecule has 200 valence electrons. The van der Waals surface area contributed by atoms with Crippen molar-refractivity contribution in [3.05, 3.63) is 59.1 Å². The predicted octanol–water partition coefficient (Wildman–Crippen LogP) is 7.22. The number of ether oxygens (including phenoxy) is 2. The molecule has 37 heavy (non-hydrogen) atoms. The number of hydrogen-bond acceptors (Lipinski definition) is 7. The van der Waals surface area contributed by atoms with Crippen LogP contribution in [0.5, 0.6) is 0 Å². The molecule has 1 atom stereocenters. The van der Waals surface area contributed by atoms with Gasteiger partial charge in [0.25, 0.3) is 5.89 Å². The molecule has 1 fully saturated rings. The van der Waals surface area contributed by atoms with E-state index in [1.807, 2.05) is 39.0 Å². The Balaban J connectivity index is 1.50. The van der Waals surface area contributed by atoms with E-state index in [1.54, 1.807) is 6.20 Å². The van der Waals surface area contributed by atoms with Crippen LogP contribution in [0.3, 0.4) is 0 Å². The van der Waals surface area contributed by atoms with E-state index in [-0.39, 0.29) is 18.3 Å². The number of nitrogens with zero attached hydrogens (tertiary/aromatic N) is 2. The Morgan fingerprint density at radius 2 is 1.92 bits per heavy atom. The molecule has 0 bridgehead atoms. The van der Waals surface area contributed by atoms with Crippen LogP contribution in [0.15, 0.2) is 45.5 Å². The zero-order valence-electron chi connectivity index (χ0n) is 22.8. The first-order chi connectivity index (χ1) is 17.7. The molecular weight excluding hydrogens is 468 g/mol. The summed E-state index contributed by atoms with van der Waals surface area (Å²) in [5, 5.41) is 4.50. The third-order valence-corrected chi connectivity index (χ3v) is 6.27. The number of carbonyl (C=O) groups excluding carboxylic acids is 1. The van der Waals surface area contributed by atoms with Crippen molar-refractivity contribution in [3.8, 4) is 11.7 Å². The second-order valence-electron chi connectivity index (χ2n) is 11.5. The zero-order valence-corrected chi connectivity index (χ0v) is 22.8. The lowest BCUT2D eigenvalue weighted by Gasteiger charge is -2.22. The number of esters is 1. The highest BCUT2D eigenvalue weighted by Gasteiger charge is 2.37. The van der Waals surface area contributed by atoms with Crippen LogP contribution in [0, 0.1) is 5.92 Å². The topological polar surface area (TPSA) is 87.6 Å². The minimum atomic E-state index is -0.542. The molecular formula is C30H40N2O5. The van der Waals surface area contributed by atoms with Crippen molar-refractivity contribution in [2.24, 2.45) is 5.92 Å². The number of oxazole rings is 1. The van der Waals surface area contributed by atoms with Crippen LogP contribution in [0.1, 0.15) is 101 Å². The minimum absolute atomic E-state index is 0.131. The first kappa shape index (κ1) is 27.1. The summed E-state index contributed by atoms with van der Waals surface area (Å²) in [7, 11) is 0. The fraction of sp³-hybridized carbons (Fsp3) is 0.567. The fourth-order valence-electron chi connectivity index (χ4n) is 4.55. The molecule has 0 amide bonds. The molecule has 0 saturated heterocycles. The Hall–Kier alpha value is -2.93. The summed E-state index contributed by atoms with van der Waals surface area (Å²) in [5.41, 5.74) is 2.47. The molecule has 2 aromatic heterocycles. The summed E-state index contributed by atoms with van der Waals surface area (Å²) in [6.07, 6.45) is 6.51. The van der Waals surface area contributed by atoms with E-state index in [4.69, 9.17) is 18.4 Å². The van der Waals surface area contributed by atoms with Gasteiger partial charge in [0.2, 0.25) is 5.76 Å². The van der Waals surface area contributed by atoms with Gasteiger partial charge in [0.1, 0.15) is 11.4 Å². The molecule has 1 aliphatic rings. The molecule has 0 spiro atoms. The summed E-state index contributed by atoms with van der Waals surface area (Å²) in [4.78, 5) is 17.3. The lowest BCUT2D eigenvalue weighted by Crippen LogP contribution is -2.25. The average molecular weight is 509 g/mol. The van der Waals surface area contributed by atoms with Gasteiger partial charge >= 0.3 is 5.97 Å². The first-order valence-electron chi connectivity index (χ1n) is 13.5. The molecule has 1 aliphatic carbocycles. The molecule has 2 heterocycles. The third-order valence-electron chi connectivity index (χ3n) is 6.27. The minimum Gasteiger partial charge on any atom is -0.460 e. The Labute approximate surface area is 219 Å². The highest BCUT2D eigenvalue weighted by atomic mass is 16.6. The van der Waals surface area contributed by atoms with Gasteiger partial charge < -0.3 is 18.4 Å². The van der Waals surface area contributed by atoms with Crippen molar-refractivity contribution in [2.45, 2.75) is 97.2 Å². The summed E-state index contributed by atoms with van der Waals surface area (Å²) in [6, 6.07) is 10.1. The molecule has 1 saturated carbocycles. The number of rotatable bonds is 13. The highest BCUT2D eigenvalue weighted by molar-refractivity contribution is 5.71. The summed E-state index contributed by atoms with van der Waals surface area (Å²) < 4.78 is 23.5. The van der Waals surface area contributed by atoms with Crippen molar-refractivity contribution in [1.82, 2.24) is 10.1 Å². The van der Waals surface area contributed by atoms with Crippen LogP contribution < -0.4 is 0 Å². The maximum Gasteiger partial charge on any atom is 0.306 e. The second kappa shape index (κ2) is 12.1. The Morgan fingerprint density at radius 1 is 1.16 bits per heavy atom. The first-order valence-corrected chi connectivity index (χ1v) is 13.5. The number of carbonyl (C=O) groups is 1. The van der Waals surface area contributed by atoms with Crippen LogP contribution in [0.25, 0.3) is 11.7 Å². The normalized spacial score (nSPS) is 14.8. The van der Waals surface area contributed by atoms with E-state index in [0.29, 0.717) is 36.7 Å². The molecule has 1 aromatic carbocycles. The van der Waals surface area contributed by atoms with Crippen LogP contribution >= 0.6 is 0 Å². The quantitative estimate of drug-likeness (QED) is 0.178. The SMILES string of the molecule is CC(C)Cc1cnc(-c2onc([C@@H](CCCOCc3ccccc3)CC(=O)OC(C)(C)C)c2C2CC2)o1. The lowest BCUT2D eigenvalue weighted by atomic mass is 9.90. The Kier molecular flexibility index (Phi) is 8.85. The molecule has 7 nitrogen and oxygen atoms in total. The van der Waals surface area contributed by atoms with Gasteiger partial charge in [-0.25, -0.2) is 4.98 Å². The van der Waals surface area contributed by atoms with Crippen LogP contribution in [-0.4, -0.2) is 28.3 Å². The lowest BCUT2D eigenvalue weighted by molar-refractivity contribution is -0.155. The van der Waals surface area contributed by atoms with Gasteiger partial charge in [-0.1, -0.05) is 49.3 Å². The number of aromatic nitrogens is 2.